The van der Waals surface area contributed by atoms with Crippen molar-refractivity contribution in [3.8, 4) is 5.75 Å². The van der Waals surface area contributed by atoms with Gasteiger partial charge in [0.2, 0.25) is 0 Å². The van der Waals surface area contributed by atoms with Crippen molar-refractivity contribution >= 4 is 17.6 Å². The number of esters is 1. The summed E-state index contributed by atoms with van der Waals surface area (Å²) in [5.74, 6) is -2.03. The molecule has 0 saturated carbocycles. The molecule has 0 radical (unpaired) electrons. The minimum absolute atomic E-state index is 0.0626. The first-order chi connectivity index (χ1) is 12.3. The van der Waals surface area contributed by atoms with Gasteiger partial charge in [-0.15, -0.1) is 0 Å². The number of amides is 1. The van der Waals surface area contributed by atoms with Crippen molar-refractivity contribution in [2.75, 3.05) is 5.32 Å². The lowest BCUT2D eigenvalue weighted by atomic mass is 10.2. The number of rotatable bonds is 6. The van der Waals surface area contributed by atoms with Gasteiger partial charge >= 0.3 is 12.6 Å². The number of benzene rings is 2. The van der Waals surface area contributed by atoms with Crippen LogP contribution in [0, 0.1) is 12.7 Å². The molecule has 26 heavy (non-hydrogen) atoms. The van der Waals surface area contributed by atoms with Crippen molar-refractivity contribution < 1.29 is 32.2 Å². The molecule has 0 fully saturated rings. The van der Waals surface area contributed by atoms with E-state index in [2.05, 4.69) is 10.1 Å². The van der Waals surface area contributed by atoms with E-state index in [9.17, 15) is 22.8 Å². The van der Waals surface area contributed by atoms with Gasteiger partial charge in [0.1, 0.15) is 11.6 Å². The predicted molar refractivity (Wildman–Crippen MR) is 87.7 cm³/mol. The quantitative estimate of drug-likeness (QED) is 0.786. The first kappa shape index (κ1) is 19.3. The van der Waals surface area contributed by atoms with E-state index in [0.717, 1.165) is 6.07 Å². The van der Waals surface area contributed by atoms with Crippen molar-refractivity contribution in [1.82, 2.24) is 0 Å². The maximum atomic E-state index is 13.5. The van der Waals surface area contributed by atoms with Gasteiger partial charge in [-0.3, -0.25) is 4.79 Å². The largest absolute Gasteiger partial charge is 0.449 e. The smallest absolute Gasteiger partial charge is 0.387 e. The Labute approximate surface area is 147 Å². The van der Waals surface area contributed by atoms with Gasteiger partial charge in [-0.1, -0.05) is 6.07 Å². The molecule has 0 saturated heterocycles. The first-order valence-electron chi connectivity index (χ1n) is 7.59. The first-order valence-corrected chi connectivity index (χ1v) is 7.59. The standard InChI is InChI=1S/C18H16F3NO4/c1-10-3-6-13(9-15(10)19)22-16(23)11(2)25-17(24)12-4-7-14(8-5-12)26-18(20)21/h3-9,11,18H,1-2H3,(H,22,23)/t11-/m0/s1. The van der Waals surface area contributed by atoms with Crippen LogP contribution >= 0.6 is 0 Å². The number of carbonyl (C=O) groups is 2. The summed E-state index contributed by atoms with van der Waals surface area (Å²) in [6.07, 6.45) is -1.15. The van der Waals surface area contributed by atoms with Crippen LogP contribution in [0.4, 0.5) is 18.9 Å². The molecule has 2 aromatic rings. The van der Waals surface area contributed by atoms with Crippen LogP contribution in [-0.4, -0.2) is 24.6 Å². The Morgan fingerprint density at radius 3 is 2.31 bits per heavy atom. The van der Waals surface area contributed by atoms with Crippen molar-refractivity contribution in [3.05, 3.63) is 59.4 Å². The molecule has 0 bridgehead atoms. The van der Waals surface area contributed by atoms with E-state index < -0.39 is 30.4 Å². The van der Waals surface area contributed by atoms with Crippen molar-refractivity contribution in [2.24, 2.45) is 0 Å². The third-order valence-corrected chi connectivity index (χ3v) is 3.41. The molecule has 0 spiro atoms. The van der Waals surface area contributed by atoms with Gasteiger partial charge in [-0.25, -0.2) is 9.18 Å². The summed E-state index contributed by atoms with van der Waals surface area (Å²) in [4.78, 5) is 24.0. The van der Waals surface area contributed by atoms with Crippen LogP contribution in [-0.2, 0) is 9.53 Å². The normalized spacial score (nSPS) is 11.8. The molecule has 5 nitrogen and oxygen atoms in total. The van der Waals surface area contributed by atoms with Gasteiger partial charge in [-0.2, -0.15) is 8.78 Å². The fraction of sp³-hybridized carbons (Fsp3) is 0.222. The number of hydrogen-bond acceptors (Lipinski definition) is 4. The summed E-state index contributed by atoms with van der Waals surface area (Å²) < 4.78 is 46.8. The molecule has 0 unspecified atom stereocenters. The Morgan fingerprint density at radius 2 is 1.73 bits per heavy atom. The summed E-state index contributed by atoms with van der Waals surface area (Å²) in [6.45, 7) is -0.0298. The van der Waals surface area contributed by atoms with Crippen LogP contribution in [0.25, 0.3) is 0 Å². The molecule has 1 atom stereocenters. The Hall–Kier alpha value is -3.03. The topological polar surface area (TPSA) is 64.6 Å². The number of anilines is 1. The zero-order valence-electron chi connectivity index (χ0n) is 14.0. The highest BCUT2D eigenvalue weighted by Crippen LogP contribution is 2.17. The Kier molecular flexibility index (Phi) is 6.21. The lowest BCUT2D eigenvalue weighted by Crippen LogP contribution is -2.30. The molecule has 2 aromatic carbocycles. The number of nitrogens with one attached hydrogen (secondary N) is 1. The van der Waals surface area contributed by atoms with E-state index in [4.69, 9.17) is 4.74 Å². The lowest BCUT2D eigenvalue weighted by Gasteiger charge is -2.14. The fourth-order valence-corrected chi connectivity index (χ4v) is 1.97. The van der Waals surface area contributed by atoms with Gasteiger partial charge in [0, 0.05) is 5.69 Å². The molecule has 2 rings (SSSR count). The maximum Gasteiger partial charge on any atom is 0.387 e. The zero-order chi connectivity index (χ0) is 19.3. The lowest BCUT2D eigenvalue weighted by molar-refractivity contribution is -0.123. The molecule has 1 amide bonds. The van der Waals surface area contributed by atoms with Gasteiger partial charge in [0.05, 0.1) is 5.56 Å². The van der Waals surface area contributed by atoms with Gasteiger partial charge < -0.3 is 14.8 Å². The molecule has 8 heteroatoms. The number of alkyl halides is 2. The Balaban J connectivity index is 1.94. The number of aryl methyl sites for hydroxylation is 1. The van der Waals surface area contributed by atoms with Crippen LogP contribution in [0.15, 0.2) is 42.5 Å². The van der Waals surface area contributed by atoms with Crippen LogP contribution in [0.2, 0.25) is 0 Å². The molecular formula is C18H16F3NO4. The summed E-state index contributed by atoms with van der Waals surface area (Å²) in [5.41, 5.74) is 0.726. The van der Waals surface area contributed by atoms with Crippen LogP contribution in [0.1, 0.15) is 22.8 Å². The third-order valence-electron chi connectivity index (χ3n) is 3.41. The summed E-state index contributed by atoms with van der Waals surface area (Å²) in [5, 5.41) is 2.44. The molecule has 0 aromatic heterocycles. The highest BCUT2D eigenvalue weighted by molar-refractivity contribution is 5.97. The summed E-state index contributed by atoms with van der Waals surface area (Å²) in [6, 6.07) is 9.02. The number of halogens is 3. The highest BCUT2D eigenvalue weighted by atomic mass is 19.3. The van der Waals surface area contributed by atoms with E-state index in [-0.39, 0.29) is 17.0 Å². The second-order valence-electron chi connectivity index (χ2n) is 5.40. The minimum atomic E-state index is -2.97. The van der Waals surface area contributed by atoms with Crippen molar-refractivity contribution in [1.29, 1.82) is 0 Å². The van der Waals surface area contributed by atoms with E-state index in [0.29, 0.717) is 5.56 Å². The van der Waals surface area contributed by atoms with E-state index >= 15 is 0 Å². The monoisotopic (exact) mass is 367 g/mol. The highest BCUT2D eigenvalue weighted by Gasteiger charge is 2.19. The molecule has 0 heterocycles. The van der Waals surface area contributed by atoms with E-state index in [1.807, 2.05) is 0 Å². The molecule has 138 valence electrons. The maximum absolute atomic E-state index is 13.5. The average Bonchev–Trinajstić information content (AvgIpc) is 2.58. The number of carbonyl (C=O) groups excluding carboxylic acids is 2. The molecular weight excluding hydrogens is 351 g/mol. The SMILES string of the molecule is Cc1ccc(NC(=O)[C@H](C)OC(=O)c2ccc(OC(F)F)cc2)cc1F. The van der Waals surface area contributed by atoms with Crippen molar-refractivity contribution in [2.45, 2.75) is 26.6 Å². The molecule has 1 N–H and O–H groups in total. The van der Waals surface area contributed by atoms with E-state index in [1.165, 1.54) is 43.3 Å². The summed E-state index contributed by atoms with van der Waals surface area (Å²) >= 11 is 0. The van der Waals surface area contributed by atoms with Gasteiger partial charge in [0.15, 0.2) is 6.10 Å². The average molecular weight is 367 g/mol. The van der Waals surface area contributed by atoms with Gasteiger partial charge in [-0.05, 0) is 55.8 Å². The van der Waals surface area contributed by atoms with E-state index in [1.54, 1.807) is 6.92 Å². The molecule has 0 aliphatic heterocycles. The fourth-order valence-electron chi connectivity index (χ4n) is 1.97. The Bertz CT molecular complexity index is 794. The van der Waals surface area contributed by atoms with Crippen LogP contribution in [0.5, 0.6) is 5.75 Å². The second kappa shape index (κ2) is 8.37. The number of hydrogen-bond donors (Lipinski definition) is 1. The third kappa shape index (κ3) is 5.23. The molecule has 0 aliphatic rings. The molecule has 0 aliphatic carbocycles. The summed E-state index contributed by atoms with van der Waals surface area (Å²) in [7, 11) is 0. The second-order valence-corrected chi connectivity index (χ2v) is 5.40. The Morgan fingerprint density at radius 1 is 1.08 bits per heavy atom. The van der Waals surface area contributed by atoms with Crippen LogP contribution in [0.3, 0.4) is 0 Å². The predicted octanol–water partition coefficient (Wildman–Crippen LogP) is 3.92. The van der Waals surface area contributed by atoms with Gasteiger partial charge in [0.25, 0.3) is 5.91 Å². The zero-order valence-corrected chi connectivity index (χ0v) is 14.0. The van der Waals surface area contributed by atoms with Crippen LogP contribution < -0.4 is 10.1 Å². The minimum Gasteiger partial charge on any atom is -0.449 e. The number of ether oxygens (including phenoxy) is 2. The van der Waals surface area contributed by atoms with Crippen molar-refractivity contribution in [3.63, 3.8) is 0 Å².